The smallest absolute Gasteiger partial charge is 0.251 e. The van der Waals surface area contributed by atoms with Gasteiger partial charge in [-0.1, -0.05) is 30.3 Å². The zero-order valence-corrected chi connectivity index (χ0v) is 15.3. The van der Waals surface area contributed by atoms with Gasteiger partial charge in [-0.3, -0.25) is 14.9 Å². The number of nitrogens with one attached hydrogen (secondary N) is 2. The molecule has 2 aromatic rings. The van der Waals surface area contributed by atoms with Crippen LogP contribution in [0.25, 0.3) is 0 Å². The molecule has 1 aromatic heterocycles. The Morgan fingerprint density at radius 2 is 1.88 bits per heavy atom. The first-order valence-electron chi connectivity index (χ1n) is 8.53. The maximum absolute atomic E-state index is 12.6. The van der Waals surface area contributed by atoms with Crippen LogP contribution >= 0.6 is 11.3 Å². The van der Waals surface area contributed by atoms with Crippen molar-refractivity contribution in [2.75, 3.05) is 5.32 Å². The fourth-order valence-corrected chi connectivity index (χ4v) is 4.56. The number of rotatable bonds is 6. The number of carbonyl (C=O) groups excluding carboxylic acids is 2. The Kier molecular flexibility index (Phi) is 5.20. The van der Waals surface area contributed by atoms with Crippen molar-refractivity contribution in [1.29, 1.82) is 0 Å². The van der Waals surface area contributed by atoms with Crippen LogP contribution in [0.2, 0.25) is 0 Å². The van der Waals surface area contributed by atoms with Crippen LogP contribution in [-0.4, -0.2) is 17.9 Å². The van der Waals surface area contributed by atoms with Crippen molar-refractivity contribution in [3.63, 3.8) is 0 Å². The molecule has 0 spiro atoms. The second-order valence-corrected chi connectivity index (χ2v) is 7.54. The molecule has 25 heavy (non-hydrogen) atoms. The van der Waals surface area contributed by atoms with E-state index in [-0.39, 0.29) is 11.9 Å². The molecular formula is C19H23N3O2S. The molecule has 6 heteroatoms. The van der Waals surface area contributed by atoms with E-state index in [1.807, 2.05) is 44.2 Å². The maximum Gasteiger partial charge on any atom is 0.251 e. The summed E-state index contributed by atoms with van der Waals surface area (Å²) in [5.41, 5.74) is 8.18. The van der Waals surface area contributed by atoms with Crippen LogP contribution in [0.5, 0.6) is 0 Å². The highest BCUT2D eigenvalue weighted by Gasteiger charge is 2.27. The standard InChI is InChI=1S/C19H23N3O2S/c1-11(13-7-4-3-5-8-13)21-12(2)18(24)22-19-16(17(20)23)14-9-6-10-15(14)25-19/h3-5,7-8,11-12,21H,6,9-10H2,1-2H3,(H2,20,23)(H,22,24)/t11-,12-/m0/s1. The number of primary amides is 1. The molecule has 1 aromatic carbocycles. The molecule has 0 unspecified atom stereocenters. The number of thiophene rings is 1. The van der Waals surface area contributed by atoms with E-state index in [9.17, 15) is 9.59 Å². The lowest BCUT2D eigenvalue weighted by atomic mass is 10.1. The van der Waals surface area contributed by atoms with Crippen molar-refractivity contribution in [3.05, 3.63) is 51.9 Å². The predicted octanol–water partition coefficient (Wildman–Crippen LogP) is 3.01. The first-order valence-corrected chi connectivity index (χ1v) is 9.35. The van der Waals surface area contributed by atoms with E-state index in [4.69, 9.17) is 5.73 Å². The number of hydrogen-bond donors (Lipinski definition) is 3. The zero-order valence-electron chi connectivity index (χ0n) is 14.5. The molecule has 0 radical (unpaired) electrons. The molecule has 0 saturated heterocycles. The lowest BCUT2D eigenvalue weighted by Crippen LogP contribution is -2.39. The van der Waals surface area contributed by atoms with Crippen LogP contribution in [0.15, 0.2) is 30.3 Å². The minimum atomic E-state index is -0.465. The van der Waals surface area contributed by atoms with Gasteiger partial charge in [-0.25, -0.2) is 0 Å². The highest BCUT2D eigenvalue weighted by molar-refractivity contribution is 7.17. The van der Waals surface area contributed by atoms with E-state index in [2.05, 4.69) is 10.6 Å². The summed E-state index contributed by atoms with van der Waals surface area (Å²) in [5.74, 6) is -0.627. The summed E-state index contributed by atoms with van der Waals surface area (Å²) in [5, 5.41) is 6.77. The number of hydrogen-bond acceptors (Lipinski definition) is 4. The van der Waals surface area contributed by atoms with Gasteiger partial charge in [0.15, 0.2) is 0 Å². The van der Waals surface area contributed by atoms with E-state index in [0.717, 1.165) is 30.4 Å². The van der Waals surface area contributed by atoms with Crippen LogP contribution in [0.1, 0.15) is 52.7 Å². The van der Waals surface area contributed by atoms with E-state index >= 15 is 0 Å². The van der Waals surface area contributed by atoms with Gasteiger partial charge in [0, 0.05) is 10.9 Å². The van der Waals surface area contributed by atoms with Gasteiger partial charge < -0.3 is 11.1 Å². The van der Waals surface area contributed by atoms with Crippen LogP contribution in [0, 0.1) is 0 Å². The second-order valence-electron chi connectivity index (χ2n) is 6.44. The van der Waals surface area contributed by atoms with Crippen molar-refractivity contribution in [3.8, 4) is 0 Å². The highest BCUT2D eigenvalue weighted by Crippen LogP contribution is 2.38. The fourth-order valence-electron chi connectivity index (χ4n) is 3.26. The van der Waals surface area contributed by atoms with Gasteiger partial charge >= 0.3 is 0 Å². The van der Waals surface area contributed by atoms with Gasteiger partial charge in [0.05, 0.1) is 11.6 Å². The van der Waals surface area contributed by atoms with E-state index in [1.165, 1.54) is 16.2 Å². The van der Waals surface area contributed by atoms with Crippen LogP contribution in [-0.2, 0) is 17.6 Å². The highest BCUT2D eigenvalue weighted by atomic mass is 32.1. The average Bonchev–Trinajstić information content (AvgIpc) is 3.15. The fraction of sp³-hybridized carbons (Fsp3) is 0.368. The summed E-state index contributed by atoms with van der Waals surface area (Å²) in [7, 11) is 0. The molecule has 1 heterocycles. The molecule has 0 bridgehead atoms. The molecular weight excluding hydrogens is 334 g/mol. The number of anilines is 1. The van der Waals surface area contributed by atoms with Gasteiger partial charge in [-0.05, 0) is 44.2 Å². The van der Waals surface area contributed by atoms with Crippen LogP contribution < -0.4 is 16.4 Å². The molecule has 0 saturated carbocycles. The van der Waals surface area contributed by atoms with E-state index < -0.39 is 11.9 Å². The van der Waals surface area contributed by atoms with Gasteiger partial charge in [0.1, 0.15) is 5.00 Å². The number of benzene rings is 1. The predicted molar refractivity (Wildman–Crippen MR) is 101 cm³/mol. The second kappa shape index (κ2) is 7.37. The molecule has 2 amide bonds. The lowest BCUT2D eigenvalue weighted by molar-refractivity contribution is -0.117. The summed E-state index contributed by atoms with van der Waals surface area (Å²) in [6, 6.07) is 9.62. The van der Waals surface area contributed by atoms with Crippen LogP contribution in [0.4, 0.5) is 5.00 Å². The average molecular weight is 357 g/mol. The summed E-state index contributed by atoms with van der Waals surface area (Å²) in [6.07, 6.45) is 2.86. The molecule has 132 valence electrons. The number of amides is 2. The summed E-state index contributed by atoms with van der Waals surface area (Å²) >= 11 is 1.48. The zero-order chi connectivity index (χ0) is 18.0. The van der Waals surface area contributed by atoms with E-state index in [0.29, 0.717) is 10.6 Å². The monoisotopic (exact) mass is 357 g/mol. The van der Waals surface area contributed by atoms with Crippen molar-refractivity contribution in [2.24, 2.45) is 5.73 Å². The van der Waals surface area contributed by atoms with Crippen molar-refractivity contribution in [1.82, 2.24) is 5.32 Å². The lowest BCUT2D eigenvalue weighted by Gasteiger charge is -2.20. The van der Waals surface area contributed by atoms with Crippen molar-refractivity contribution in [2.45, 2.75) is 45.2 Å². The van der Waals surface area contributed by atoms with Gasteiger partial charge in [0.25, 0.3) is 5.91 Å². The molecule has 1 aliphatic rings. The van der Waals surface area contributed by atoms with E-state index in [1.54, 1.807) is 0 Å². The number of aryl methyl sites for hydroxylation is 1. The normalized spacial score (nSPS) is 15.4. The summed E-state index contributed by atoms with van der Waals surface area (Å²) in [6.45, 7) is 3.84. The molecule has 5 nitrogen and oxygen atoms in total. The molecule has 1 aliphatic carbocycles. The van der Waals surface area contributed by atoms with Crippen molar-refractivity contribution >= 4 is 28.2 Å². The van der Waals surface area contributed by atoms with Gasteiger partial charge in [0.2, 0.25) is 5.91 Å². The maximum atomic E-state index is 12.6. The first-order chi connectivity index (χ1) is 12.0. The minimum absolute atomic E-state index is 0.0471. The number of carbonyl (C=O) groups is 2. The Balaban J connectivity index is 1.69. The topological polar surface area (TPSA) is 84.2 Å². The first kappa shape index (κ1) is 17.6. The summed E-state index contributed by atoms with van der Waals surface area (Å²) < 4.78 is 0. The third-order valence-electron chi connectivity index (χ3n) is 4.60. The quantitative estimate of drug-likeness (QED) is 0.743. The third-order valence-corrected chi connectivity index (χ3v) is 5.80. The Morgan fingerprint density at radius 3 is 2.56 bits per heavy atom. The summed E-state index contributed by atoms with van der Waals surface area (Å²) in [4.78, 5) is 25.5. The SMILES string of the molecule is C[C@H](N[C@@H](C)c1ccccc1)C(=O)Nc1sc2c(c1C(N)=O)CCC2. The molecule has 2 atom stereocenters. The Labute approximate surface area is 151 Å². The minimum Gasteiger partial charge on any atom is -0.365 e. The number of nitrogens with two attached hydrogens (primary N) is 1. The Hall–Kier alpha value is -2.18. The largest absolute Gasteiger partial charge is 0.365 e. The van der Waals surface area contributed by atoms with Gasteiger partial charge in [-0.15, -0.1) is 11.3 Å². The molecule has 0 fully saturated rings. The van der Waals surface area contributed by atoms with Crippen molar-refractivity contribution < 1.29 is 9.59 Å². The van der Waals surface area contributed by atoms with Gasteiger partial charge in [-0.2, -0.15) is 0 Å². The molecule has 0 aliphatic heterocycles. The number of fused-ring (bicyclic) bond motifs is 1. The Bertz CT molecular complexity index is 785. The Morgan fingerprint density at radius 1 is 1.16 bits per heavy atom. The molecule has 4 N–H and O–H groups in total. The van der Waals surface area contributed by atoms with Crippen LogP contribution in [0.3, 0.4) is 0 Å². The third kappa shape index (κ3) is 3.75. The molecule has 3 rings (SSSR count).